The van der Waals surface area contributed by atoms with Crippen molar-refractivity contribution in [2.75, 3.05) is 0 Å². The molecule has 2 aromatic rings. The lowest BCUT2D eigenvalue weighted by atomic mass is 9.86. The monoisotopic (exact) mass is 370 g/mol. The molecule has 0 amide bonds. The Morgan fingerprint density at radius 1 is 1.11 bits per heavy atom. The maximum absolute atomic E-state index is 14.1. The second kappa shape index (κ2) is 5.64. The van der Waals surface area contributed by atoms with Gasteiger partial charge < -0.3 is 9.52 Å². The minimum Gasteiger partial charge on any atom is -0.504 e. The predicted octanol–water partition coefficient (Wildman–Crippen LogP) is 4.36. The van der Waals surface area contributed by atoms with Crippen molar-refractivity contribution >= 4 is 11.0 Å². The smallest absolute Gasteiger partial charge is 0.284 e. The zero-order valence-electron chi connectivity index (χ0n) is 14.9. The minimum absolute atomic E-state index is 0.0463. The van der Waals surface area contributed by atoms with Crippen molar-refractivity contribution in [1.29, 1.82) is 0 Å². The van der Waals surface area contributed by atoms with E-state index in [2.05, 4.69) is 5.10 Å². The first kappa shape index (κ1) is 17.2. The van der Waals surface area contributed by atoms with E-state index in [0.29, 0.717) is 11.5 Å². The molecule has 0 bridgehead atoms. The molecule has 2 heterocycles. The summed E-state index contributed by atoms with van der Waals surface area (Å²) in [6.45, 7) is 5.99. The fraction of sp³-hybridized carbons (Fsp3) is 0.200. The predicted molar refractivity (Wildman–Crippen MR) is 96.5 cm³/mol. The van der Waals surface area contributed by atoms with E-state index in [0.717, 1.165) is 22.4 Å². The molecule has 2 aliphatic heterocycles. The molecule has 0 atom stereocenters. The van der Waals surface area contributed by atoms with E-state index < -0.39 is 17.2 Å². The van der Waals surface area contributed by atoms with Crippen LogP contribution in [-0.4, -0.2) is 14.9 Å². The molecule has 2 aromatic carbocycles. The van der Waals surface area contributed by atoms with Gasteiger partial charge in [-0.3, -0.25) is 4.79 Å². The SMILES string of the molecule is CC(C)(C)c1cc(O)c2oc3nn(-c4ccc(F)cc4F)c(=O)c-3cc2c1. The topological polar surface area (TPSA) is 68.3 Å². The van der Waals surface area contributed by atoms with Crippen LogP contribution >= 0.6 is 0 Å². The maximum atomic E-state index is 14.1. The molecule has 0 aromatic heterocycles. The van der Waals surface area contributed by atoms with Gasteiger partial charge in [-0.05, 0) is 41.3 Å². The summed E-state index contributed by atoms with van der Waals surface area (Å²) in [6.07, 6.45) is 0. The van der Waals surface area contributed by atoms with Crippen LogP contribution < -0.4 is 5.56 Å². The lowest BCUT2D eigenvalue weighted by molar-refractivity contribution is 0.459. The maximum Gasteiger partial charge on any atom is 0.284 e. The van der Waals surface area contributed by atoms with Crippen LogP contribution in [0.5, 0.6) is 5.75 Å². The number of fused-ring (bicyclic) bond motifs is 2. The molecule has 0 saturated carbocycles. The van der Waals surface area contributed by atoms with Gasteiger partial charge in [0, 0.05) is 11.5 Å². The highest BCUT2D eigenvalue weighted by Crippen LogP contribution is 2.35. The molecule has 1 N–H and O–H groups in total. The Kier molecular flexibility index (Phi) is 3.59. The zero-order valence-corrected chi connectivity index (χ0v) is 14.9. The highest BCUT2D eigenvalue weighted by atomic mass is 19.1. The van der Waals surface area contributed by atoms with Gasteiger partial charge in [-0.1, -0.05) is 20.8 Å². The Bertz CT molecular complexity index is 1220. The Hall–Kier alpha value is -3.22. The Morgan fingerprint density at radius 2 is 1.85 bits per heavy atom. The van der Waals surface area contributed by atoms with Crippen molar-refractivity contribution < 1.29 is 18.3 Å². The fourth-order valence-corrected chi connectivity index (χ4v) is 2.95. The van der Waals surface area contributed by atoms with E-state index in [-0.39, 0.29) is 33.9 Å². The van der Waals surface area contributed by atoms with Crippen LogP contribution in [0.3, 0.4) is 0 Å². The van der Waals surface area contributed by atoms with Crippen molar-refractivity contribution in [3.8, 4) is 22.9 Å². The molecule has 0 saturated heterocycles. The molecule has 0 spiro atoms. The van der Waals surface area contributed by atoms with Crippen LogP contribution in [0.25, 0.3) is 28.1 Å². The summed E-state index contributed by atoms with van der Waals surface area (Å²) in [5.41, 5.74) is 0.184. The summed E-state index contributed by atoms with van der Waals surface area (Å²) in [7, 11) is 0. The van der Waals surface area contributed by atoms with Gasteiger partial charge in [0.05, 0.1) is 0 Å². The van der Waals surface area contributed by atoms with Crippen LogP contribution in [-0.2, 0) is 5.41 Å². The molecule has 138 valence electrons. The van der Waals surface area contributed by atoms with E-state index in [1.54, 1.807) is 12.1 Å². The molecular formula is C20H16F2N2O3. The van der Waals surface area contributed by atoms with E-state index in [1.165, 1.54) is 0 Å². The number of aromatic hydroxyl groups is 1. The third kappa shape index (κ3) is 2.75. The number of phenolic OH excluding ortho intramolecular Hbond substituents is 1. The van der Waals surface area contributed by atoms with Gasteiger partial charge in [-0.2, -0.15) is 4.68 Å². The third-order valence-corrected chi connectivity index (χ3v) is 4.44. The highest BCUT2D eigenvalue weighted by Gasteiger charge is 2.24. The molecule has 7 heteroatoms. The number of rotatable bonds is 1. The van der Waals surface area contributed by atoms with Crippen molar-refractivity contribution in [1.82, 2.24) is 9.78 Å². The average molecular weight is 370 g/mol. The minimum atomic E-state index is -0.915. The van der Waals surface area contributed by atoms with Crippen molar-refractivity contribution in [3.05, 3.63) is 63.9 Å². The van der Waals surface area contributed by atoms with Crippen molar-refractivity contribution in [2.24, 2.45) is 0 Å². The summed E-state index contributed by atoms with van der Waals surface area (Å²) in [4.78, 5) is 12.7. The largest absolute Gasteiger partial charge is 0.504 e. The van der Waals surface area contributed by atoms with Gasteiger partial charge in [-0.15, -0.1) is 5.10 Å². The number of hydrogen-bond donors (Lipinski definition) is 1. The average Bonchev–Trinajstić information content (AvgIpc) is 2.89. The normalized spacial score (nSPS) is 12.2. The Labute approximate surface area is 152 Å². The van der Waals surface area contributed by atoms with Crippen molar-refractivity contribution in [3.63, 3.8) is 0 Å². The molecule has 0 radical (unpaired) electrons. The van der Waals surface area contributed by atoms with Crippen LogP contribution in [0.15, 0.2) is 45.6 Å². The molecule has 4 rings (SSSR count). The summed E-state index contributed by atoms with van der Waals surface area (Å²) in [5.74, 6) is -1.79. The number of halogens is 2. The number of hydrogen-bond acceptors (Lipinski definition) is 4. The second-order valence-electron chi connectivity index (χ2n) is 7.44. The number of nitrogens with zero attached hydrogens (tertiary/aromatic N) is 2. The molecular weight excluding hydrogens is 354 g/mol. The first-order valence-corrected chi connectivity index (χ1v) is 8.30. The fourth-order valence-electron chi connectivity index (χ4n) is 2.95. The van der Waals surface area contributed by atoms with Crippen LogP contribution in [0, 0.1) is 11.6 Å². The van der Waals surface area contributed by atoms with E-state index in [4.69, 9.17) is 4.42 Å². The zero-order chi connectivity index (χ0) is 19.5. The van der Waals surface area contributed by atoms with Gasteiger partial charge >= 0.3 is 0 Å². The molecule has 0 fully saturated rings. The van der Waals surface area contributed by atoms with Gasteiger partial charge in [0.2, 0.25) is 5.89 Å². The summed E-state index contributed by atoms with van der Waals surface area (Å²) in [6, 6.07) is 7.83. The highest BCUT2D eigenvalue weighted by molar-refractivity contribution is 5.87. The van der Waals surface area contributed by atoms with E-state index in [1.807, 2.05) is 26.8 Å². The van der Waals surface area contributed by atoms with Gasteiger partial charge in [0.1, 0.15) is 17.1 Å². The summed E-state index contributed by atoms with van der Waals surface area (Å²) in [5, 5.41) is 14.9. The van der Waals surface area contributed by atoms with Crippen LogP contribution in [0.4, 0.5) is 8.78 Å². The Balaban J connectivity index is 2.00. The third-order valence-electron chi connectivity index (χ3n) is 4.44. The van der Waals surface area contributed by atoms with Crippen LogP contribution in [0.2, 0.25) is 0 Å². The first-order valence-electron chi connectivity index (χ1n) is 8.30. The van der Waals surface area contributed by atoms with Gasteiger partial charge in [-0.25, -0.2) is 8.78 Å². The quantitative estimate of drug-likeness (QED) is 0.540. The second-order valence-corrected chi connectivity index (χ2v) is 7.44. The Morgan fingerprint density at radius 3 is 2.52 bits per heavy atom. The van der Waals surface area contributed by atoms with Crippen molar-refractivity contribution in [2.45, 2.75) is 26.2 Å². The molecule has 2 aliphatic rings. The number of benzene rings is 2. The molecule has 0 aliphatic carbocycles. The molecule has 27 heavy (non-hydrogen) atoms. The summed E-state index contributed by atoms with van der Waals surface area (Å²) < 4.78 is 33.6. The first-order chi connectivity index (χ1) is 12.6. The molecule has 5 nitrogen and oxygen atoms in total. The van der Waals surface area contributed by atoms with E-state index >= 15 is 0 Å². The van der Waals surface area contributed by atoms with Gasteiger partial charge in [0.15, 0.2) is 17.1 Å². The van der Waals surface area contributed by atoms with Gasteiger partial charge in [0.25, 0.3) is 5.56 Å². The standard InChI is InChI=1S/C20H16F2N2O3/c1-20(2,3)11-6-10-7-13-18(27-17(10)16(25)8-11)23-24(19(13)26)15-5-4-12(21)9-14(15)22/h4-9,25H,1-3H3. The van der Waals surface area contributed by atoms with Crippen LogP contribution in [0.1, 0.15) is 26.3 Å². The molecule has 0 unspecified atom stereocenters. The number of phenols is 1. The van der Waals surface area contributed by atoms with E-state index in [9.17, 15) is 18.7 Å². The lowest BCUT2D eigenvalue weighted by Crippen LogP contribution is -2.16. The lowest BCUT2D eigenvalue weighted by Gasteiger charge is -2.19. The summed E-state index contributed by atoms with van der Waals surface area (Å²) >= 11 is 0. The number of aromatic nitrogens is 2.